The summed E-state index contributed by atoms with van der Waals surface area (Å²) in [6.07, 6.45) is 3.27. The maximum atomic E-state index is 5.11. The first kappa shape index (κ1) is 12.5. The van der Waals surface area contributed by atoms with Gasteiger partial charge in [0.1, 0.15) is 12.4 Å². The summed E-state index contributed by atoms with van der Waals surface area (Å²) in [7, 11) is 7.87. The Morgan fingerprint density at radius 1 is 1.22 bits per heavy atom. The van der Waals surface area contributed by atoms with Crippen molar-refractivity contribution in [3.05, 3.63) is 18.6 Å². The van der Waals surface area contributed by atoms with Crippen LogP contribution in [0.4, 0.5) is 5.69 Å². The molecule has 0 aromatic carbocycles. The van der Waals surface area contributed by atoms with E-state index in [0.717, 1.165) is 17.6 Å². The third kappa shape index (κ3) is 2.18. The van der Waals surface area contributed by atoms with E-state index >= 15 is 0 Å². The van der Waals surface area contributed by atoms with Gasteiger partial charge in [-0.2, -0.15) is 0 Å². The van der Waals surface area contributed by atoms with Crippen LogP contribution in [-0.4, -0.2) is 56.1 Å². The first-order valence-electron chi connectivity index (χ1n) is 5.83. The zero-order chi connectivity index (χ0) is 13.3. The molecule has 6 nitrogen and oxygen atoms in total. The molecule has 0 saturated heterocycles. The average Bonchev–Trinajstić information content (AvgIpc) is 2.84. The van der Waals surface area contributed by atoms with E-state index in [1.54, 1.807) is 12.5 Å². The Morgan fingerprint density at radius 2 is 1.89 bits per heavy atom. The maximum absolute atomic E-state index is 5.11. The van der Waals surface area contributed by atoms with Gasteiger partial charge >= 0.3 is 0 Å². The van der Waals surface area contributed by atoms with Crippen molar-refractivity contribution < 1.29 is 4.42 Å². The number of aliphatic imine (C=N–C) groups is 2. The van der Waals surface area contributed by atoms with Crippen LogP contribution in [0.25, 0.3) is 0 Å². The van der Waals surface area contributed by atoms with Crippen LogP contribution in [0.1, 0.15) is 6.92 Å². The molecule has 1 aromatic heterocycles. The molecule has 1 unspecified atom stereocenters. The lowest BCUT2D eigenvalue weighted by Crippen LogP contribution is -2.51. The average molecular weight is 249 g/mol. The molecular formula is C12H19N5O. The number of furan rings is 1. The van der Waals surface area contributed by atoms with Gasteiger partial charge in [0.15, 0.2) is 0 Å². The SMILES string of the molecule is CC1N=C(N(C)C)N(C)C(N(C)c2ccoc2)=N1. The molecule has 18 heavy (non-hydrogen) atoms. The number of nitrogens with zero attached hydrogens (tertiary/aromatic N) is 5. The fourth-order valence-electron chi connectivity index (χ4n) is 1.92. The Labute approximate surface area is 107 Å². The monoisotopic (exact) mass is 249 g/mol. The van der Waals surface area contributed by atoms with Gasteiger partial charge in [0.2, 0.25) is 11.9 Å². The van der Waals surface area contributed by atoms with Crippen LogP contribution < -0.4 is 4.90 Å². The van der Waals surface area contributed by atoms with Crippen molar-refractivity contribution in [1.82, 2.24) is 9.80 Å². The number of anilines is 1. The molecule has 0 radical (unpaired) electrons. The number of hydrogen-bond donors (Lipinski definition) is 0. The standard InChI is InChI=1S/C12H19N5O/c1-9-13-11(15(2)3)17(5)12(14-9)16(4)10-6-7-18-8-10/h6-9H,1-5H3. The van der Waals surface area contributed by atoms with E-state index in [4.69, 9.17) is 4.42 Å². The second-order valence-electron chi connectivity index (χ2n) is 4.48. The second-order valence-corrected chi connectivity index (χ2v) is 4.48. The van der Waals surface area contributed by atoms with Crippen LogP contribution in [0.2, 0.25) is 0 Å². The van der Waals surface area contributed by atoms with Gasteiger partial charge in [0, 0.05) is 34.3 Å². The van der Waals surface area contributed by atoms with Crippen LogP contribution in [0.3, 0.4) is 0 Å². The van der Waals surface area contributed by atoms with E-state index in [1.165, 1.54) is 0 Å². The molecule has 98 valence electrons. The Morgan fingerprint density at radius 3 is 2.44 bits per heavy atom. The zero-order valence-corrected chi connectivity index (χ0v) is 11.5. The van der Waals surface area contributed by atoms with Crippen LogP contribution in [0.5, 0.6) is 0 Å². The van der Waals surface area contributed by atoms with Crippen LogP contribution in [0, 0.1) is 0 Å². The highest BCUT2D eigenvalue weighted by atomic mass is 16.3. The van der Waals surface area contributed by atoms with E-state index < -0.39 is 0 Å². The van der Waals surface area contributed by atoms with Crippen molar-refractivity contribution in [3.8, 4) is 0 Å². The van der Waals surface area contributed by atoms with E-state index in [1.807, 2.05) is 55.9 Å². The van der Waals surface area contributed by atoms with Crippen LogP contribution in [-0.2, 0) is 0 Å². The highest BCUT2D eigenvalue weighted by Gasteiger charge is 2.25. The molecule has 1 aliphatic heterocycles. The lowest BCUT2D eigenvalue weighted by atomic mass is 10.4. The molecule has 6 heteroatoms. The fraction of sp³-hybridized carbons (Fsp3) is 0.500. The quantitative estimate of drug-likeness (QED) is 0.752. The smallest absolute Gasteiger partial charge is 0.209 e. The summed E-state index contributed by atoms with van der Waals surface area (Å²) in [4.78, 5) is 15.0. The Bertz CT molecular complexity index is 463. The van der Waals surface area contributed by atoms with E-state index in [9.17, 15) is 0 Å². The third-order valence-electron chi connectivity index (χ3n) is 2.80. The molecule has 0 amide bonds. The lowest BCUT2D eigenvalue weighted by Gasteiger charge is -2.35. The molecule has 0 spiro atoms. The van der Waals surface area contributed by atoms with E-state index in [2.05, 4.69) is 9.98 Å². The largest absolute Gasteiger partial charge is 0.470 e. The van der Waals surface area contributed by atoms with Crippen molar-refractivity contribution in [1.29, 1.82) is 0 Å². The summed E-state index contributed by atoms with van der Waals surface area (Å²) in [6.45, 7) is 1.97. The predicted molar refractivity (Wildman–Crippen MR) is 72.9 cm³/mol. The van der Waals surface area contributed by atoms with E-state index in [0.29, 0.717) is 0 Å². The Balaban J connectivity index is 2.28. The topological polar surface area (TPSA) is 47.6 Å². The van der Waals surface area contributed by atoms with Crippen molar-refractivity contribution >= 4 is 17.6 Å². The Kier molecular flexibility index (Phi) is 3.27. The highest BCUT2D eigenvalue weighted by molar-refractivity contribution is 6.06. The molecule has 0 fully saturated rings. The van der Waals surface area contributed by atoms with Crippen molar-refractivity contribution in [2.75, 3.05) is 33.1 Å². The van der Waals surface area contributed by atoms with Crippen LogP contribution in [0.15, 0.2) is 33.0 Å². The predicted octanol–water partition coefficient (Wildman–Crippen LogP) is 1.28. The number of rotatable bonds is 1. The van der Waals surface area contributed by atoms with Gasteiger partial charge in [-0.15, -0.1) is 0 Å². The molecule has 2 rings (SSSR count). The minimum atomic E-state index is -0.0806. The summed E-state index contributed by atoms with van der Waals surface area (Å²) >= 11 is 0. The molecule has 2 heterocycles. The second kappa shape index (κ2) is 4.72. The third-order valence-corrected chi connectivity index (χ3v) is 2.80. The molecule has 0 bridgehead atoms. The first-order valence-corrected chi connectivity index (χ1v) is 5.83. The summed E-state index contributed by atoms with van der Waals surface area (Å²) in [5.74, 6) is 1.74. The number of guanidine groups is 2. The minimum Gasteiger partial charge on any atom is -0.470 e. The molecule has 0 aliphatic carbocycles. The first-order chi connectivity index (χ1) is 8.50. The molecule has 1 aliphatic rings. The fourth-order valence-corrected chi connectivity index (χ4v) is 1.92. The number of hydrogen-bond acceptors (Lipinski definition) is 6. The van der Waals surface area contributed by atoms with Gasteiger partial charge in [0.25, 0.3) is 0 Å². The van der Waals surface area contributed by atoms with Gasteiger partial charge < -0.3 is 14.2 Å². The van der Waals surface area contributed by atoms with Gasteiger partial charge in [-0.05, 0) is 6.92 Å². The Hall–Kier alpha value is -1.98. The summed E-state index contributed by atoms with van der Waals surface area (Å²) in [5, 5.41) is 0. The lowest BCUT2D eigenvalue weighted by molar-refractivity contribution is 0.499. The molecular weight excluding hydrogens is 230 g/mol. The van der Waals surface area contributed by atoms with Crippen molar-refractivity contribution in [3.63, 3.8) is 0 Å². The summed E-state index contributed by atoms with van der Waals surface area (Å²) in [6, 6.07) is 1.90. The van der Waals surface area contributed by atoms with E-state index in [-0.39, 0.29) is 6.17 Å². The van der Waals surface area contributed by atoms with Gasteiger partial charge in [0.05, 0.1) is 12.0 Å². The summed E-state index contributed by atoms with van der Waals surface area (Å²) in [5.41, 5.74) is 0.966. The molecule has 0 saturated carbocycles. The molecule has 1 atom stereocenters. The minimum absolute atomic E-state index is 0.0806. The molecule has 0 N–H and O–H groups in total. The van der Waals surface area contributed by atoms with Gasteiger partial charge in [-0.1, -0.05) is 0 Å². The van der Waals surface area contributed by atoms with Gasteiger partial charge in [-0.25, -0.2) is 9.98 Å². The zero-order valence-electron chi connectivity index (χ0n) is 11.5. The summed E-state index contributed by atoms with van der Waals surface area (Å²) < 4.78 is 5.11. The molecule has 1 aromatic rings. The van der Waals surface area contributed by atoms with Crippen LogP contribution >= 0.6 is 0 Å². The highest BCUT2D eigenvalue weighted by Crippen LogP contribution is 2.17. The van der Waals surface area contributed by atoms with Gasteiger partial charge in [-0.3, -0.25) is 4.90 Å². The normalized spacial score (nSPS) is 19.4. The maximum Gasteiger partial charge on any atom is 0.209 e. The van der Waals surface area contributed by atoms with Crippen molar-refractivity contribution in [2.24, 2.45) is 9.98 Å². The van der Waals surface area contributed by atoms with Crippen molar-refractivity contribution in [2.45, 2.75) is 13.1 Å².